The van der Waals surface area contributed by atoms with Crippen molar-refractivity contribution in [1.29, 1.82) is 0 Å². The predicted molar refractivity (Wildman–Crippen MR) is 77.2 cm³/mol. The first-order valence-electron chi connectivity index (χ1n) is 6.91. The summed E-state index contributed by atoms with van der Waals surface area (Å²) in [6.45, 7) is 0.480. The van der Waals surface area contributed by atoms with E-state index in [1.54, 1.807) is 0 Å². The largest absolute Gasteiger partial charge is 0.454 e. The molecule has 0 saturated carbocycles. The molecular weight excluding hydrogens is 252 g/mol. The van der Waals surface area contributed by atoms with E-state index in [1.165, 1.54) is 11.1 Å². The van der Waals surface area contributed by atoms with Crippen molar-refractivity contribution in [2.24, 2.45) is 0 Å². The van der Waals surface area contributed by atoms with Crippen LogP contribution in [0.1, 0.15) is 23.5 Å². The maximum atomic E-state index is 9.31. The Morgan fingerprint density at radius 2 is 1.80 bits per heavy atom. The van der Waals surface area contributed by atoms with E-state index in [0.29, 0.717) is 6.79 Å². The SMILES string of the molecule is OCCC(Cc1ccccc1)c1ccc2c(c1)OCO2. The average Bonchev–Trinajstić information content (AvgIpc) is 2.95. The van der Waals surface area contributed by atoms with Gasteiger partial charge in [-0.2, -0.15) is 0 Å². The highest BCUT2D eigenvalue weighted by Crippen LogP contribution is 2.36. The van der Waals surface area contributed by atoms with Gasteiger partial charge in [0.1, 0.15) is 0 Å². The maximum absolute atomic E-state index is 9.31. The Hall–Kier alpha value is -2.00. The molecular formula is C17H18O3. The molecule has 1 heterocycles. The van der Waals surface area contributed by atoms with E-state index in [-0.39, 0.29) is 12.5 Å². The fourth-order valence-electron chi connectivity index (χ4n) is 2.61. The van der Waals surface area contributed by atoms with Gasteiger partial charge < -0.3 is 14.6 Å². The fraction of sp³-hybridized carbons (Fsp3) is 0.294. The molecule has 1 atom stereocenters. The third-order valence-electron chi connectivity index (χ3n) is 3.67. The van der Waals surface area contributed by atoms with Crippen LogP contribution in [0.5, 0.6) is 11.5 Å². The van der Waals surface area contributed by atoms with Crippen molar-refractivity contribution in [2.45, 2.75) is 18.8 Å². The van der Waals surface area contributed by atoms with Crippen LogP contribution < -0.4 is 9.47 Å². The lowest BCUT2D eigenvalue weighted by atomic mass is 9.89. The van der Waals surface area contributed by atoms with E-state index in [9.17, 15) is 5.11 Å². The summed E-state index contributed by atoms with van der Waals surface area (Å²) < 4.78 is 10.8. The Bertz CT molecular complexity index is 566. The summed E-state index contributed by atoms with van der Waals surface area (Å²) in [5, 5.41) is 9.31. The molecule has 2 aromatic rings. The normalized spacial score (nSPS) is 14.2. The molecule has 1 unspecified atom stereocenters. The molecule has 0 spiro atoms. The minimum atomic E-state index is 0.186. The first-order chi connectivity index (χ1) is 9.86. The van der Waals surface area contributed by atoms with E-state index >= 15 is 0 Å². The van der Waals surface area contributed by atoms with Crippen molar-refractivity contribution >= 4 is 0 Å². The summed E-state index contributed by atoms with van der Waals surface area (Å²) in [5.41, 5.74) is 2.47. The summed E-state index contributed by atoms with van der Waals surface area (Å²) in [7, 11) is 0. The molecule has 20 heavy (non-hydrogen) atoms. The minimum Gasteiger partial charge on any atom is -0.454 e. The molecule has 0 amide bonds. The highest BCUT2D eigenvalue weighted by molar-refractivity contribution is 5.45. The molecule has 1 aliphatic heterocycles. The molecule has 0 fully saturated rings. The summed E-state index contributed by atoms with van der Waals surface area (Å²) >= 11 is 0. The zero-order valence-electron chi connectivity index (χ0n) is 11.3. The van der Waals surface area contributed by atoms with Crippen LogP contribution in [-0.4, -0.2) is 18.5 Å². The third kappa shape index (κ3) is 2.78. The molecule has 0 saturated heterocycles. The van der Waals surface area contributed by atoms with Crippen molar-refractivity contribution in [2.75, 3.05) is 13.4 Å². The zero-order valence-corrected chi connectivity index (χ0v) is 11.3. The van der Waals surface area contributed by atoms with Crippen LogP contribution in [0.3, 0.4) is 0 Å². The Morgan fingerprint density at radius 1 is 1.00 bits per heavy atom. The first kappa shape index (κ1) is 13.0. The van der Waals surface area contributed by atoms with Crippen LogP contribution >= 0.6 is 0 Å². The fourth-order valence-corrected chi connectivity index (χ4v) is 2.61. The van der Waals surface area contributed by atoms with Gasteiger partial charge in [-0.15, -0.1) is 0 Å². The second kappa shape index (κ2) is 5.97. The summed E-state index contributed by atoms with van der Waals surface area (Å²) in [5.74, 6) is 1.90. The number of rotatable bonds is 5. The topological polar surface area (TPSA) is 38.7 Å². The monoisotopic (exact) mass is 270 g/mol. The van der Waals surface area contributed by atoms with Crippen molar-refractivity contribution in [3.63, 3.8) is 0 Å². The maximum Gasteiger partial charge on any atom is 0.231 e. The van der Waals surface area contributed by atoms with Gasteiger partial charge >= 0.3 is 0 Å². The molecule has 0 aliphatic carbocycles. The van der Waals surface area contributed by atoms with Crippen molar-refractivity contribution in [1.82, 2.24) is 0 Å². The first-order valence-corrected chi connectivity index (χ1v) is 6.91. The molecule has 0 aromatic heterocycles. The van der Waals surface area contributed by atoms with Crippen LogP contribution in [0.15, 0.2) is 48.5 Å². The predicted octanol–water partition coefficient (Wildman–Crippen LogP) is 3.12. The molecule has 0 radical (unpaired) electrons. The molecule has 2 aromatic carbocycles. The van der Waals surface area contributed by atoms with Crippen LogP contribution in [0.25, 0.3) is 0 Å². The smallest absolute Gasteiger partial charge is 0.231 e. The van der Waals surface area contributed by atoms with E-state index < -0.39 is 0 Å². The van der Waals surface area contributed by atoms with Gasteiger partial charge in [0, 0.05) is 6.61 Å². The highest BCUT2D eigenvalue weighted by atomic mass is 16.7. The second-order valence-electron chi connectivity index (χ2n) is 5.01. The Labute approximate surface area is 118 Å². The lowest BCUT2D eigenvalue weighted by Crippen LogP contribution is -2.05. The van der Waals surface area contributed by atoms with Crippen LogP contribution in [0, 0.1) is 0 Å². The highest BCUT2D eigenvalue weighted by Gasteiger charge is 2.18. The number of hydrogen-bond acceptors (Lipinski definition) is 3. The number of hydrogen-bond donors (Lipinski definition) is 1. The van der Waals surface area contributed by atoms with E-state index in [2.05, 4.69) is 18.2 Å². The molecule has 3 heteroatoms. The quantitative estimate of drug-likeness (QED) is 0.907. The molecule has 0 bridgehead atoms. The second-order valence-corrected chi connectivity index (χ2v) is 5.01. The number of ether oxygens (including phenoxy) is 2. The van der Waals surface area contributed by atoms with Crippen molar-refractivity contribution in [3.8, 4) is 11.5 Å². The van der Waals surface area contributed by atoms with E-state index in [0.717, 1.165) is 24.3 Å². The van der Waals surface area contributed by atoms with E-state index in [1.807, 2.05) is 30.3 Å². The third-order valence-corrected chi connectivity index (χ3v) is 3.67. The average molecular weight is 270 g/mol. The van der Waals surface area contributed by atoms with Gasteiger partial charge in [-0.05, 0) is 42.0 Å². The van der Waals surface area contributed by atoms with Crippen LogP contribution in [-0.2, 0) is 6.42 Å². The number of aliphatic hydroxyl groups is 1. The summed E-state index contributed by atoms with van der Waals surface area (Å²) in [4.78, 5) is 0. The molecule has 3 rings (SSSR count). The Morgan fingerprint density at radius 3 is 2.60 bits per heavy atom. The van der Waals surface area contributed by atoms with Gasteiger partial charge in [0.2, 0.25) is 6.79 Å². The zero-order chi connectivity index (χ0) is 13.8. The number of fused-ring (bicyclic) bond motifs is 1. The van der Waals surface area contributed by atoms with Crippen LogP contribution in [0.2, 0.25) is 0 Å². The molecule has 104 valence electrons. The van der Waals surface area contributed by atoms with Gasteiger partial charge in [0.05, 0.1) is 0 Å². The Kier molecular flexibility index (Phi) is 3.88. The summed E-state index contributed by atoms with van der Waals surface area (Å²) in [6, 6.07) is 16.4. The number of benzene rings is 2. The van der Waals surface area contributed by atoms with Crippen molar-refractivity contribution < 1.29 is 14.6 Å². The van der Waals surface area contributed by atoms with Gasteiger partial charge in [-0.3, -0.25) is 0 Å². The van der Waals surface area contributed by atoms with Crippen LogP contribution in [0.4, 0.5) is 0 Å². The lowest BCUT2D eigenvalue weighted by Gasteiger charge is -2.17. The summed E-state index contributed by atoms with van der Waals surface area (Å²) in [6.07, 6.45) is 1.66. The minimum absolute atomic E-state index is 0.186. The lowest BCUT2D eigenvalue weighted by molar-refractivity contribution is 0.174. The number of aliphatic hydroxyl groups excluding tert-OH is 1. The molecule has 1 N–H and O–H groups in total. The van der Waals surface area contributed by atoms with E-state index in [4.69, 9.17) is 9.47 Å². The molecule has 1 aliphatic rings. The van der Waals surface area contributed by atoms with Crippen molar-refractivity contribution in [3.05, 3.63) is 59.7 Å². The Balaban J connectivity index is 1.83. The molecule has 3 nitrogen and oxygen atoms in total. The van der Waals surface area contributed by atoms with Gasteiger partial charge in [-0.1, -0.05) is 36.4 Å². The standard InChI is InChI=1S/C17H18O3/c18-9-8-15(10-13-4-2-1-3-5-13)14-6-7-16-17(11-14)20-12-19-16/h1-7,11,15,18H,8-10,12H2. The van der Waals surface area contributed by atoms with Gasteiger partial charge in [0.25, 0.3) is 0 Å². The van der Waals surface area contributed by atoms with Gasteiger partial charge in [0.15, 0.2) is 11.5 Å². The van der Waals surface area contributed by atoms with Gasteiger partial charge in [-0.25, -0.2) is 0 Å².